The fourth-order valence-electron chi connectivity index (χ4n) is 1.69. The molecular formula is C13H16O5. The molecule has 18 heavy (non-hydrogen) atoms. The van der Waals surface area contributed by atoms with Crippen molar-refractivity contribution >= 4 is 12.4 Å². The Morgan fingerprint density at radius 1 is 1.39 bits per heavy atom. The molecule has 1 atom stereocenters. The second-order valence-corrected chi connectivity index (χ2v) is 3.74. The molecule has 0 heterocycles. The topological polar surface area (TPSA) is 61.8 Å². The van der Waals surface area contributed by atoms with Gasteiger partial charge in [0.15, 0.2) is 0 Å². The minimum Gasteiger partial charge on any atom is -0.469 e. The fraction of sp³-hybridized carbons (Fsp3) is 0.385. The Bertz CT molecular complexity index is 427. The molecule has 0 spiro atoms. The second-order valence-electron chi connectivity index (χ2n) is 3.74. The molecule has 0 saturated carbocycles. The van der Waals surface area contributed by atoms with Gasteiger partial charge in [0, 0.05) is 7.11 Å². The molecule has 0 amide bonds. The number of hydrogen-bond acceptors (Lipinski definition) is 5. The van der Waals surface area contributed by atoms with Crippen LogP contribution < -0.4 is 4.74 Å². The average molecular weight is 252 g/mol. The highest BCUT2D eigenvalue weighted by Gasteiger charge is 2.18. The van der Waals surface area contributed by atoms with Crippen LogP contribution in [0.1, 0.15) is 23.7 Å². The van der Waals surface area contributed by atoms with Crippen molar-refractivity contribution in [2.45, 2.75) is 19.4 Å². The number of rotatable bonds is 6. The van der Waals surface area contributed by atoms with E-state index in [-0.39, 0.29) is 18.5 Å². The number of benzene rings is 1. The maximum Gasteiger partial charge on any atom is 0.308 e. The van der Waals surface area contributed by atoms with Crippen molar-refractivity contribution in [3.63, 3.8) is 0 Å². The second kappa shape index (κ2) is 6.76. The Balaban J connectivity index is 2.92. The van der Waals surface area contributed by atoms with Crippen LogP contribution in [0.2, 0.25) is 0 Å². The number of carbonyl (C=O) groups is 2. The predicted octanol–water partition coefficient (Wildman–Crippen LogP) is 1.78. The van der Waals surface area contributed by atoms with Crippen molar-refractivity contribution < 1.29 is 23.8 Å². The number of ether oxygens (including phenoxy) is 3. The third kappa shape index (κ3) is 3.56. The van der Waals surface area contributed by atoms with Crippen LogP contribution in [0.25, 0.3) is 0 Å². The van der Waals surface area contributed by atoms with Crippen molar-refractivity contribution in [1.29, 1.82) is 0 Å². The standard InChI is InChI=1S/C13H16O5/c1-9-6-10(18-8-14)4-5-11(9)12(16-2)7-13(15)17-3/h4-6,8,12H,7H2,1-3H3. The van der Waals surface area contributed by atoms with E-state index < -0.39 is 0 Å². The Labute approximate surface area is 106 Å². The fourth-order valence-corrected chi connectivity index (χ4v) is 1.69. The van der Waals surface area contributed by atoms with Gasteiger partial charge < -0.3 is 14.2 Å². The third-order valence-corrected chi connectivity index (χ3v) is 2.64. The minimum absolute atomic E-state index is 0.141. The van der Waals surface area contributed by atoms with Crippen molar-refractivity contribution in [3.8, 4) is 5.75 Å². The van der Waals surface area contributed by atoms with Crippen LogP contribution in [-0.4, -0.2) is 26.7 Å². The summed E-state index contributed by atoms with van der Waals surface area (Å²) in [5, 5.41) is 0. The lowest BCUT2D eigenvalue weighted by Crippen LogP contribution is -2.11. The molecule has 0 N–H and O–H groups in total. The molecule has 0 fully saturated rings. The number of esters is 1. The smallest absolute Gasteiger partial charge is 0.308 e. The van der Waals surface area contributed by atoms with Crippen molar-refractivity contribution in [1.82, 2.24) is 0 Å². The summed E-state index contributed by atoms with van der Waals surface area (Å²) in [6.07, 6.45) is -0.232. The molecule has 1 aromatic rings. The van der Waals surface area contributed by atoms with Gasteiger partial charge in [-0.3, -0.25) is 9.59 Å². The van der Waals surface area contributed by atoms with Crippen LogP contribution in [0.3, 0.4) is 0 Å². The first-order chi connectivity index (χ1) is 8.62. The molecule has 0 aliphatic rings. The molecule has 5 heteroatoms. The molecule has 0 aliphatic carbocycles. The van der Waals surface area contributed by atoms with Crippen molar-refractivity contribution in [3.05, 3.63) is 29.3 Å². The summed E-state index contributed by atoms with van der Waals surface area (Å²) < 4.78 is 14.6. The van der Waals surface area contributed by atoms with E-state index in [1.165, 1.54) is 14.2 Å². The number of methoxy groups -OCH3 is 2. The summed E-state index contributed by atoms with van der Waals surface area (Å²) >= 11 is 0. The van der Waals surface area contributed by atoms with Gasteiger partial charge in [0.1, 0.15) is 5.75 Å². The van der Waals surface area contributed by atoms with Gasteiger partial charge in [-0.25, -0.2) is 0 Å². The van der Waals surface area contributed by atoms with Crippen LogP contribution in [0.5, 0.6) is 5.75 Å². The maximum atomic E-state index is 11.3. The molecule has 1 rings (SSSR count). The Hall–Kier alpha value is -1.88. The summed E-state index contributed by atoms with van der Waals surface area (Å²) in [4.78, 5) is 21.5. The number of carbonyl (C=O) groups excluding carboxylic acids is 2. The quantitative estimate of drug-likeness (QED) is 0.570. The van der Waals surface area contributed by atoms with E-state index in [0.29, 0.717) is 12.2 Å². The lowest BCUT2D eigenvalue weighted by Gasteiger charge is -2.17. The van der Waals surface area contributed by atoms with Crippen molar-refractivity contribution in [2.24, 2.45) is 0 Å². The summed E-state index contributed by atoms with van der Waals surface area (Å²) in [6, 6.07) is 5.14. The number of hydrogen-bond donors (Lipinski definition) is 0. The van der Waals surface area contributed by atoms with Crippen LogP contribution in [0.15, 0.2) is 18.2 Å². The summed E-state index contributed by atoms with van der Waals surface area (Å²) in [5.41, 5.74) is 1.74. The molecule has 0 aromatic heterocycles. The molecule has 0 aliphatic heterocycles. The normalized spacial score (nSPS) is 11.7. The molecule has 0 radical (unpaired) electrons. The first kappa shape index (κ1) is 14.2. The highest BCUT2D eigenvalue weighted by Crippen LogP contribution is 2.27. The molecule has 1 aromatic carbocycles. The Kier molecular flexibility index (Phi) is 5.32. The van der Waals surface area contributed by atoms with Crippen molar-refractivity contribution in [2.75, 3.05) is 14.2 Å². The number of aryl methyl sites for hydroxylation is 1. The zero-order valence-corrected chi connectivity index (χ0v) is 10.6. The molecule has 98 valence electrons. The molecule has 1 unspecified atom stereocenters. The van der Waals surface area contributed by atoms with E-state index in [2.05, 4.69) is 4.74 Å². The van der Waals surface area contributed by atoms with Crippen LogP contribution in [0, 0.1) is 6.92 Å². The first-order valence-corrected chi connectivity index (χ1v) is 5.42. The summed E-state index contributed by atoms with van der Waals surface area (Å²) in [6.45, 7) is 2.23. The van der Waals surface area contributed by atoms with Gasteiger partial charge in [-0.15, -0.1) is 0 Å². The van der Waals surface area contributed by atoms with Crippen LogP contribution >= 0.6 is 0 Å². The Morgan fingerprint density at radius 2 is 2.11 bits per heavy atom. The van der Waals surface area contributed by atoms with Gasteiger partial charge in [-0.05, 0) is 30.2 Å². The predicted molar refractivity (Wildman–Crippen MR) is 64.3 cm³/mol. The zero-order valence-electron chi connectivity index (χ0n) is 10.6. The molecule has 0 bridgehead atoms. The van der Waals surface area contributed by atoms with E-state index in [1.807, 2.05) is 6.92 Å². The Morgan fingerprint density at radius 3 is 2.61 bits per heavy atom. The van der Waals surface area contributed by atoms with Gasteiger partial charge in [-0.2, -0.15) is 0 Å². The van der Waals surface area contributed by atoms with Crippen LogP contribution in [-0.2, 0) is 19.1 Å². The van der Waals surface area contributed by atoms with E-state index in [1.54, 1.807) is 18.2 Å². The zero-order chi connectivity index (χ0) is 13.5. The largest absolute Gasteiger partial charge is 0.469 e. The lowest BCUT2D eigenvalue weighted by atomic mass is 10.0. The van der Waals surface area contributed by atoms with Gasteiger partial charge >= 0.3 is 5.97 Å². The van der Waals surface area contributed by atoms with Gasteiger partial charge in [0.25, 0.3) is 6.47 Å². The van der Waals surface area contributed by atoms with Gasteiger partial charge in [-0.1, -0.05) is 6.07 Å². The third-order valence-electron chi connectivity index (χ3n) is 2.64. The highest BCUT2D eigenvalue weighted by atomic mass is 16.5. The minimum atomic E-state index is -0.372. The lowest BCUT2D eigenvalue weighted by molar-refractivity contribution is -0.143. The average Bonchev–Trinajstić information content (AvgIpc) is 2.37. The van der Waals surface area contributed by atoms with E-state index >= 15 is 0 Å². The summed E-state index contributed by atoms with van der Waals surface area (Å²) in [7, 11) is 2.87. The SMILES string of the molecule is COC(=O)CC(OC)c1ccc(OC=O)cc1C. The maximum absolute atomic E-state index is 11.3. The monoisotopic (exact) mass is 252 g/mol. The first-order valence-electron chi connectivity index (χ1n) is 5.42. The van der Waals surface area contributed by atoms with E-state index in [4.69, 9.17) is 9.47 Å². The van der Waals surface area contributed by atoms with E-state index in [9.17, 15) is 9.59 Å². The summed E-state index contributed by atoms with van der Waals surface area (Å²) in [5.74, 6) is 0.119. The van der Waals surface area contributed by atoms with Gasteiger partial charge in [0.05, 0.1) is 19.6 Å². The van der Waals surface area contributed by atoms with E-state index in [0.717, 1.165) is 11.1 Å². The van der Waals surface area contributed by atoms with Crippen LogP contribution in [0.4, 0.5) is 0 Å². The van der Waals surface area contributed by atoms with Gasteiger partial charge in [0.2, 0.25) is 0 Å². The molecule has 5 nitrogen and oxygen atoms in total. The molecular weight excluding hydrogens is 236 g/mol. The highest BCUT2D eigenvalue weighted by molar-refractivity contribution is 5.70. The molecule has 0 saturated heterocycles.